The van der Waals surface area contributed by atoms with Crippen molar-refractivity contribution < 1.29 is 9.90 Å². The molecule has 2 aromatic rings. The van der Waals surface area contributed by atoms with Crippen molar-refractivity contribution in [2.24, 2.45) is 5.73 Å². The number of rotatable bonds is 2. The largest absolute Gasteiger partial charge is 0.464 e. The highest BCUT2D eigenvalue weighted by molar-refractivity contribution is 5.93. The van der Waals surface area contributed by atoms with Crippen LogP contribution in [0.15, 0.2) is 24.4 Å². The lowest BCUT2D eigenvalue weighted by Crippen LogP contribution is -2.17. The first-order chi connectivity index (χ1) is 8.00. The van der Waals surface area contributed by atoms with E-state index >= 15 is 0 Å². The first kappa shape index (κ1) is 11.7. The van der Waals surface area contributed by atoms with Gasteiger partial charge in [-0.2, -0.15) is 0 Å². The van der Waals surface area contributed by atoms with E-state index in [-0.39, 0.29) is 6.04 Å². The molecule has 1 atom stereocenters. The number of fused-ring (bicyclic) bond motifs is 1. The lowest BCUT2D eigenvalue weighted by atomic mass is 10.0. The summed E-state index contributed by atoms with van der Waals surface area (Å²) in [5.41, 5.74) is 8.60. The van der Waals surface area contributed by atoms with Crippen LogP contribution in [0.5, 0.6) is 0 Å². The first-order valence-corrected chi connectivity index (χ1v) is 5.59. The third kappa shape index (κ3) is 2.03. The van der Waals surface area contributed by atoms with Gasteiger partial charge < -0.3 is 10.8 Å². The van der Waals surface area contributed by atoms with Gasteiger partial charge in [-0.15, -0.1) is 0 Å². The summed E-state index contributed by atoms with van der Waals surface area (Å²) >= 11 is 0. The van der Waals surface area contributed by atoms with E-state index in [0.29, 0.717) is 6.42 Å². The average molecular weight is 232 g/mol. The van der Waals surface area contributed by atoms with E-state index in [4.69, 9.17) is 10.8 Å². The Labute approximate surface area is 99.7 Å². The molecule has 0 saturated heterocycles. The fourth-order valence-electron chi connectivity index (χ4n) is 2.22. The minimum absolute atomic E-state index is 0.0162. The van der Waals surface area contributed by atoms with Crippen molar-refractivity contribution >= 4 is 17.0 Å². The molecule has 1 aromatic heterocycles. The molecule has 0 unspecified atom stereocenters. The van der Waals surface area contributed by atoms with E-state index in [0.717, 1.165) is 22.0 Å². The molecule has 0 aliphatic rings. The zero-order valence-electron chi connectivity index (χ0n) is 9.97. The molecule has 0 radical (unpaired) electrons. The highest BCUT2D eigenvalue weighted by atomic mass is 16.4. The smallest absolute Gasteiger partial charge is 0.416 e. The van der Waals surface area contributed by atoms with Gasteiger partial charge in [-0.25, -0.2) is 4.79 Å². The summed E-state index contributed by atoms with van der Waals surface area (Å²) in [5.74, 6) is 0. The number of nitrogens with two attached hydrogens (primary N) is 1. The third-order valence-electron chi connectivity index (χ3n) is 2.86. The number of hydrogen-bond acceptors (Lipinski definition) is 2. The van der Waals surface area contributed by atoms with Gasteiger partial charge in [0.2, 0.25) is 0 Å². The second kappa shape index (κ2) is 4.22. The molecule has 3 N–H and O–H groups in total. The van der Waals surface area contributed by atoms with Gasteiger partial charge in [0.15, 0.2) is 0 Å². The Bertz CT molecular complexity index is 570. The van der Waals surface area contributed by atoms with Gasteiger partial charge >= 0.3 is 6.09 Å². The Kier molecular flexibility index (Phi) is 2.90. The highest BCUT2D eigenvalue weighted by Gasteiger charge is 2.14. The van der Waals surface area contributed by atoms with Crippen LogP contribution in [0, 0.1) is 6.92 Å². The number of aryl methyl sites for hydroxylation is 1. The lowest BCUT2D eigenvalue weighted by Gasteiger charge is -2.04. The summed E-state index contributed by atoms with van der Waals surface area (Å²) in [7, 11) is 0. The maximum Gasteiger partial charge on any atom is 0.416 e. The van der Waals surface area contributed by atoms with Crippen LogP contribution < -0.4 is 5.73 Å². The van der Waals surface area contributed by atoms with Crippen molar-refractivity contribution in [3.8, 4) is 0 Å². The number of carbonyl (C=O) groups is 1. The van der Waals surface area contributed by atoms with Gasteiger partial charge in [0.25, 0.3) is 0 Å². The van der Waals surface area contributed by atoms with Crippen molar-refractivity contribution in [3.05, 3.63) is 35.5 Å². The molecule has 0 bridgehead atoms. The summed E-state index contributed by atoms with van der Waals surface area (Å²) in [5, 5.41) is 10.2. The van der Waals surface area contributed by atoms with Gasteiger partial charge in [-0.1, -0.05) is 12.1 Å². The van der Waals surface area contributed by atoms with Crippen LogP contribution in [0.3, 0.4) is 0 Å². The highest BCUT2D eigenvalue weighted by Crippen LogP contribution is 2.25. The molecule has 17 heavy (non-hydrogen) atoms. The predicted octanol–water partition coefficient (Wildman–Crippen LogP) is 2.37. The summed E-state index contributed by atoms with van der Waals surface area (Å²) < 4.78 is 1.26. The number of nitrogens with zero attached hydrogens (tertiary/aromatic N) is 1. The second-order valence-corrected chi connectivity index (χ2v) is 4.46. The van der Waals surface area contributed by atoms with Crippen LogP contribution in [0.2, 0.25) is 0 Å². The van der Waals surface area contributed by atoms with Crippen LogP contribution in [0.4, 0.5) is 4.79 Å². The number of aromatic nitrogens is 1. The van der Waals surface area contributed by atoms with E-state index in [2.05, 4.69) is 0 Å². The minimum Gasteiger partial charge on any atom is -0.464 e. The molecule has 0 amide bonds. The van der Waals surface area contributed by atoms with E-state index in [1.165, 1.54) is 4.57 Å². The fourth-order valence-corrected chi connectivity index (χ4v) is 2.22. The number of benzene rings is 1. The van der Waals surface area contributed by atoms with Crippen LogP contribution in [0.25, 0.3) is 10.9 Å². The SMILES string of the molecule is Cc1cccc2c1c(C[C@@H](C)N)cn2C(=O)O. The maximum absolute atomic E-state index is 11.2. The Morgan fingerprint density at radius 2 is 2.24 bits per heavy atom. The Balaban J connectivity index is 2.71. The quantitative estimate of drug-likeness (QED) is 0.835. The van der Waals surface area contributed by atoms with E-state index in [1.807, 2.05) is 32.0 Å². The molecule has 0 aliphatic heterocycles. The lowest BCUT2D eigenvalue weighted by molar-refractivity contribution is 0.197. The van der Waals surface area contributed by atoms with Crippen molar-refractivity contribution in [2.75, 3.05) is 0 Å². The molecular formula is C13H16N2O2. The van der Waals surface area contributed by atoms with Gasteiger partial charge in [0.05, 0.1) is 5.52 Å². The van der Waals surface area contributed by atoms with Crippen molar-refractivity contribution in [3.63, 3.8) is 0 Å². The van der Waals surface area contributed by atoms with Crippen LogP contribution in [-0.4, -0.2) is 21.8 Å². The molecule has 4 nitrogen and oxygen atoms in total. The maximum atomic E-state index is 11.2. The minimum atomic E-state index is -0.962. The molecule has 4 heteroatoms. The van der Waals surface area contributed by atoms with Gasteiger partial charge in [-0.3, -0.25) is 4.57 Å². The molecule has 0 fully saturated rings. The standard InChI is InChI=1S/C13H16N2O2/c1-8-4-3-5-11-12(8)10(6-9(2)14)7-15(11)13(16)17/h3-5,7,9H,6,14H2,1-2H3,(H,16,17)/t9-/m1/s1. The number of carboxylic acid groups (broad SMARTS) is 1. The van der Waals surface area contributed by atoms with Gasteiger partial charge in [0, 0.05) is 17.6 Å². The van der Waals surface area contributed by atoms with Crippen molar-refractivity contribution in [1.29, 1.82) is 0 Å². The zero-order valence-corrected chi connectivity index (χ0v) is 9.97. The Hall–Kier alpha value is -1.81. The van der Waals surface area contributed by atoms with E-state index in [9.17, 15) is 4.79 Å². The Morgan fingerprint density at radius 1 is 1.53 bits per heavy atom. The summed E-state index contributed by atoms with van der Waals surface area (Å²) in [6.45, 7) is 3.90. The Morgan fingerprint density at radius 3 is 2.82 bits per heavy atom. The van der Waals surface area contributed by atoms with Crippen LogP contribution in [-0.2, 0) is 6.42 Å². The molecule has 1 aromatic carbocycles. The number of hydrogen-bond donors (Lipinski definition) is 2. The van der Waals surface area contributed by atoms with E-state index < -0.39 is 6.09 Å². The molecule has 0 spiro atoms. The second-order valence-electron chi connectivity index (χ2n) is 4.46. The summed E-state index contributed by atoms with van der Waals surface area (Å²) in [6, 6.07) is 5.69. The van der Waals surface area contributed by atoms with Crippen molar-refractivity contribution in [1.82, 2.24) is 4.57 Å². The zero-order chi connectivity index (χ0) is 12.6. The average Bonchev–Trinajstić information content (AvgIpc) is 2.57. The topological polar surface area (TPSA) is 68.2 Å². The van der Waals surface area contributed by atoms with Crippen LogP contribution >= 0.6 is 0 Å². The molecular weight excluding hydrogens is 216 g/mol. The normalized spacial score (nSPS) is 12.9. The van der Waals surface area contributed by atoms with Crippen LogP contribution in [0.1, 0.15) is 18.1 Å². The molecule has 0 aliphatic carbocycles. The monoisotopic (exact) mass is 232 g/mol. The predicted molar refractivity (Wildman–Crippen MR) is 67.5 cm³/mol. The first-order valence-electron chi connectivity index (χ1n) is 5.59. The fraction of sp³-hybridized carbons (Fsp3) is 0.308. The third-order valence-corrected chi connectivity index (χ3v) is 2.86. The molecule has 1 heterocycles. The summed E-state index contributed by atoms with van der Waals surface area (Å²) in [4.78, 5) is 11.2. The van der Waals surface area contributed by atoms with Gasteiger partial charge in [-0.05, 0) is 37.5 Å². The summed E-state index contributed by atoms with van der Waals surface area (Å²) in [6.07, 6.45) is 1.39. The van der Waals surface area contributed by atoms with Crippen molar-refractivity contribution in [2.45, 2.75) is 26.3 Å². The molecule has 0 saturated carbocycles. The molecule has 2 rings (SSSR count). The van der Waals surface area contributed by atoms with E-state index in [1.54, 1.807) is 6.20 Å². The molecule has 90 valence electrons. The van der Waals surface area contributed by atoms with Gasteiger partial charge in [0.1, 0.15) is 0 Å².